The second-order valence-corrected chi connectivity index (χ2v) is 5.53. The van der Waals surface area contributed by atoms with Crippen molar-refractivity contribution < 1.29 is 0 Å². The first-order valence-corrected chi connectivity index (χ1v) is 7.42. The number of halogens is 1. The first-order chi connectivity index (χ1) is 8.28. The third-order valence-corrected chi connectivity index (χ3v) is 4.09. The van der Waals surface area contributed by atoms with Gasteiger partial charge in [0.2, 0.25) is 11.2 Å². The van der Waals surface area contributed by atoms with E-state index >= 15 is 0 Å². The molecule has 0 radical (unpaired) electrons. The first kappa shape index (κ1) is 12.9. The summed E-state index contributed by atoms with van der Waals surface area (Å²) in [5.74, 6) is 2.48. The maximum atomic E-state index is 5.87. The van der Waals surface area contributed by atoms with Gasteiger partial charge in [-0.25, -0.2) is 0 Å². The van der Waals surface area contributed by atoms with E-state index in [-0.39, 0.29) is 5.28 Å². The molecule has 6 heteroatoms. The smallest absolute Gasteiger partial charge is 0.228 e. The average Bonchev–Trinajstić information content (AvgIpc) is 2.79. The van der Waals surface area contributed by atoms with Gasteiger partial charge < -0.3 is 5.32 Å². The predicted molar refractivity (Wildman–Crippen MR) is 71.7 cm³/mol. The molecule has 0 aliphatic heterocycles. The molecule has 0 bridgehead atoms. The fraction of sp³-hybridized carbons (Fsp3) is 0.727. The van der Waals surface area contributed by atoms with Crippen LogP contribution >= 0.6 is 23.4 Å². The van der Waals surface area contributed by atoms with Crippen molar-refractivity contribution in [2.45, 2.75) is 37.8 Å². The van der Waals surface area contributed by atoms with Crippen LogP contribution in [0.15, 0.2) is 5.16 Å². The Bertz CT molecular complexity index is 368. The quantitative estimate of drug-likeness (QED) is 0.834. The molecule has 17 heavy (non-hydrogen) atoms. The Morgan fingerprint density at radius 2 is 2.06 bits per heavy atom. The Morgan fingerprint density at radius 1 is 1.29 bits per heavy atom. The molecule has 0 unspecified atom stereocenters. The minimum absolute atomic E-state index is 0.268. The molecule has 0 amide bonds. The molecule has 1 heterocycles. The van der Waals surface area contributed by atoms with E-state index in [1.165, 1.54) is 25.7 Å². The topological polar surface area (TPSA) is 50.7 Å². The van der Waals surface area contributed by atoms with Crippen LogP contribution in [0.4, 0.5) is 5.95 Å². The summed E-state index contributed by atoms with van der Waals surface area (Å²) in [4.78, 5) is 12.5. The molecule has 0 aromatic carbocycles. The lowest BCUT2D eigenvalue weighted by Crippen LogP contribution is -2.05. The minimum Gasteiger partial charge on any atom is -0.354 e. The van der Waals surface area contributed by atoms with E-state index < -0.39 is 0 Å². The number of nitrogens with one attached hydrogen (secondary N) is 1. The van der Waals surface area contributed by atoms with Crippen LogP contribution in [0.1, 0.15) is 32.6 Å². The molecule has 4 nitrogen and oxygen atoms in total. The van der Waals surface area contributed by atoms with E-state index in [9.17, 15) is 0 Å². The molecule has 94 valence electrons. The van der Waals surface area contributed by atoms with Crippen LogP contribution in [0, 0.1) is 5.92 Å². The van der Waals surface area contributed by atoms with Gasteiger partial charge in [-0.2, -0.15) is 15.0 Å². The second-order valence-electron chi connectivity index (χ2n) is 4.20. The zero-order valence-corrected chi connectivity index (χ0v) is 11.5. The van der Waals surface area contributed by atoms with Crippen molar-refractivity contribution in [1.29, 1.82) is 0 Å². The SMILES string of the molecule is CCNc1nc(Cl)nc(SCC2CCCC2)n1. The Kier molecular flexibility index (Phi) is 4.86. The van der Waals surface area contributed by atoms with Gasteiger partial charge in [0.1, 0.15) is 0 Å². The monoisotopic (exact) mass is 272 g/mol. The van der Waals surface area contributed by atoms with E-state index in [0.717, 1.165) is 23.4 Å². The zero-order valence-electron chi connectivity index (χ0n) is 9.95. The highest BCUT2D eigenvalue weighted by molar-refractivity contribution is 7.99. The summed E-state index contributed by atoms with van der Waals surface area (Å²) < 4.78 is 0. The van der Waals surface area contributed by atoms with E-state index in [1.54, 1.807) is 11.8 Å². The van der Waals surface area contributed by atoms with Gasteiger partial charge in [-0.05, 0) is 37.3 Å². The van der Waals surface area contributed by atoms with Crippen LogP contribution in [0.5, 0.6) is 0 Å². The molecule has 1 N–H and O–H groups in total. The molecule has 1 aromatic rings. The lowest BCUT2D eigenvalue weighted by molar-refractivity contribution is 0.622. The van der Waals surface area contributed by atoms with Gasteiger partial charge >= 0.3 is 0 Å². The van der Waals surface area contributed by atoms with Crippen LogP contribution in [-0.2, 0) is 0 Å². The molecule has 1 aliphatic carbocycles. The molecule has 1 aliphatic rings. The van der Waals surface area contributed by atoms with E-state index in [4.69, 9.17) is 11.6 Å². The summed E-state index contributed by atoms with van der Waals surface area (Å²) in [6.45, 7) is 2.79. The fourth-order valence-corrected chi connectivity index (χ4v) is 3.23. The predicted octanol–water partition coefficient (Wildman–Crippen LogP) is 3.24. The molecule has 1 saturated carbocycles. The van der Waals surface area contributed by atoms with Crippen LogP contribution in [-0.4, -0.2) is 27.2 Å². The number of aromatic nitrogens is 3. The van der Waals surface area contributed by atoms with Gasteiger partial charge in [0.15, 0.2) is 5.16 Å². The molecular formula is C11H17ClN4S. The van der Waals surface area contributed by atoms with Gasteiger partial charge in [0.05, 0.1) is 0 Å². The molecule has 1 fully saturated rings. The minimum atomic E-state index is 0.268. The van der Waals surface area contributed by atoms with E-state index in [0.29, 0.717) is 5.95 Å². The standard InChI is InChI=1S/C11H17ClN4S/c1-2-13-10-14-9(12)15-11(16-10)17-7-8-5-3-4-6-8/h8H,2-7H2,1H3,(H,13,14,15,16). The lowest BCUT2D eigenvalue weighted by Gasteiger charge is -2.08. The van der Waals surface area contributed by atoms with Gasteiger partial charge in [0.25, 0.3) is 0 Å². The lowest BCUT2D eigenvalue weighted by atomic mass is 10.1. The summed E-state index contributed by atoms with van der Waals surface area (Å²) in [6.07, 6.45) is 5.41. The number of thioether (sulfide) groups is 1. The Labute approximate surface area is 111 Å². The number of rotatable bonds is 5. The molecule has 0 spiro atoms. The third kappa shape index (κ3) is 4.00. The molecule has 1 aromatic heterocycles. The van der Waals surface area contributed by atoms with Crippen LogP contribution in [0.25, 0.3) is 0 Å². The highest BCUT2D eigenvalue weighted by Gasteiger charge is 2.16. The van der Waals surface area contributed by atoms with Gasteiger partial charge in [-0.3, -0.25) is 0 Å². The number of nitrogens with zero attached hydrogens (tertiary/aromatic N) is 3. The van der Waals surface area contributed by atoms with Crippen molar-refractivity contribution in [1.82, 2.24) is 15.0 Å². The summed E-state index contributed by atoms with van der Waals surface area (Å²) in [7, 11) is 0. The highest BCUT2D eigenvalue weighted by Crippen LogP contribution is 2.30. The van der Waals surface area contributed by atoms with Crippen LogP contribution in [0.3, 0.4) is 0 Å². The Balaban J connectivity index is 1.94. The summed E-state index contributed by atoms with van der Waals surface area (Å²) in [5.41, 5.74) is 0. The van der Waals surface area contributed by atoms with Crippen LogP contribution in [0.2, 0.25) is 5.28 Å². The third-order valence-electron chi connectivity index (χ3n) is 2.85. The number of anilines is 1. The van der Waals surface area contributed by atoms with Crippen LogP contribution < -0.4 is 5.32 Å². The number of hydrogen-bond acceptors (Lipinski definition) is 5. The average molecular weight is 273 g/mol. The molecular weight excluding hydrogens is 256 g/mol. The van der Waals surface area contributed by atoms with Gasteiger partial charge in [-0.1, -0.05) is 24.6 Å². The van der Waals surface area contributed by atoms with Gasteiger partial charge in [-0.15, -0.1) is 0 Å². The second kappa shape index (κ2) is 6.40. The zero-order chi connectivity index (χ0) is 12.1. The summed E-state index contributed by atoms with van der Waals surface area (Å²) >= 11 is 7.55. The van der Waals surface area contributed by atoms with Crippen molar-refractivity contribution in [2.24, 2.45) is 5.92 Å². The Morgan fingerprint density at radius 3 is 2.76 bits per heavy atom. The van der Waals surface area contributed by atoms with Crippen molar-refractivity contribution >= 4 is 29.3 Å². The number of hydrogen-bond donors (Lipinski definition) is 1. The molecule has 0 saturated heterocycles. The molecule has 2 rings (SSSR count). The van der Waals surface area contributed by atoms with Crippen molar-refractivity contribution in [3.05, 3.63) is 5.28 Å². The van der Waals surface area contributed by atoms with Crippen molar-refractivity contribution in [3.63, 3.8) is 0 Å². The van der Waals surface area contributed by atoms with E-state index in [1.807, 2.05) is 6.92 Å². The Hall–Kier alpha value is -0.550. The maximum Gasteiger partial charge on any atom is 0.228 e. The first-order valence-electron chi connectivity index (χ1n) is 6.06. The maximum absolute atomic E-state index is 5.87. The van der Waals surface area contributed by atoms with Crippen molar-refractivity contribution in [2.75, 3.05) is 17.6 Å². The highest BCUT2D eigenvalue weighted by atomic mass is 35.5. The van der Waals surface area contributed by atoms with Gasteiger partial charge in [0, 0.05) is 12.3 Å². The summed E-state index contributed by atoms with van der Waals surface area (Å²) in [5, 5.41) is 4.05. The largest absolute Gasteiger partial charge is 0.354 e. The van der Waals surface area contributed by atoms with Crippen molar-refractivity contribution in [3.8, 4) is 0 Å². The van der Waals surface area contributed by atoms with E-state index in [2.05, 4.69) is 20.3 Å². The fourth-order valence-electron chi connectivity index (χ4n) is 2.00. The normalized spacial score (nSPS) is 16.4. The molecule has 0 atom stereocenters. The summed E-state index contributed by atoms with van der Waals surface area (Å²) in [6, 6.07) is 0.